The molecule has 10 aromatic rings. The van der Waals surface area contributed by atoms with Crippen LogP contribution in [0.5, 0.6) is 11.5 Å². The van der Waals surface area contributed by atoms with E-state index in [2.05, 4.69) is 231 Å². The van der Waals surface area contributed by atoms with Gasteiger partial charge in [-0.05, 0) is 62.1 Å². The lowest BCUT2D eigenvalue weighted by Gasteiger charge is -2.40. The molecule has 1 aromatic heterocycles. The van der Waals surface area contributed by atoms with E-state index >= 15 is 0 Å². The molecule has 312 valence electrons. The van der Waals surface area contributed by atoms with Crippen LogP contribution in [-0.2, 0) is 5.41 Å². The highest BCUT2D eigenvalue weighted by molar-refractivity contribution is 6.15. The fourth-order valence-electron chi connectivity index (χ4n) is 11.9. The Bertz CT molecular complexity index is 3540. The minimum atomic E-state index is -0.638. The lowest BCUT2D eigenvalue weighted by molar-refractivity contribution is 0.444. The number of benzene rings is 9. The van der Waals surface area contributed by atoms with Crippen LogP contribution in [0.15, 0.2) is 237 Å². The first-order valence-corrected chi connectivity index (χ1v) is 23.1. The average Bonchev–Trinajstić information content (AvgIpc) is 3.67. The molecule has 13 rings (SSSR count). The lowest BCUT2D eigenvalue weighted by atomic mass is 9.65. The Kier molecular flexibility index (Phi) is 8.73. The summed E-state index contributed by atoms with van der Waals surface area (Å²) in [6.45, 7) is 7.14. The van der Waals surface area contributed by atoms with Gasteiger partial charge in [0.1, 0.15) is 11.5 Å². The molecule has 0 amide bonds. The van der Waals surface area contributed by atoms with Crippen molar-refractivity contribution in [2.45, 2.75) is 24.2 Å². The van der Waals surface area contributed by atoms with E-state index in [4.69, 9.17) is 16.3 Å². The minimum absolute atomic E-state index is 0.105. The van der Waals surface area contributed by atoms with Gasteiger partial charge in [-0.2, -0.15) is 0 Å². The van der Waals surface area contributed by atoms with Crippen LogP contribution in [0.25, 0.3) is 60.8 Å². The van der Waals surface area contributed by atoms with Crippen LogP contribution in [0.2, 0.25) is 0 Å². The molecule has 9 aromatic carbocycles. The molecule has 3 atom stereocenters. The van der Waals surface area contributed by atoms with Crippen LogP contribution in [0.1, 0.15) is 57.7 Å². The van der Waals surface area contributed by atoms with E-state index in [0.717, 1.165) is 66.7 Å². The summed E-state index contributed by atoms with van der Waals surface area (Å²) in [5, 5.41) is 3.22. The quantitative estimate of drug-likeness (QED) is 0.127. The molecule has 66 heavy (non-hydrogen) atoms. The van der Waals surface area contributed by atoms with Gasteiger partial charge >= 0.3 is 0 Å². The van der Waals surface area contributed by atoms with Gasteiger partial charge in [-0.15, -0.1) is 0 Å². The first-order chi connectivity index (χ1) is 32.6. The number of hydrogen-bond acceptors (Lipinski definition) is 2. The fourth-order valence-corrected chi connectivity index (χ4v) is 11.9. The van der Waals surface area contributed by atoms with Crippen LogP contribution < -0.4 is 4.74 Å². The highest BCUT2D eigenvalue weighted by atomic mass is 16.5. The van der Waals surface area contributed by atoms with Crippen molar-refractivity contribution >= 4 is 27.2 Å². The van der Waals surface area contributed by atoms with Crippen LogP contribution in [0, 0.1) is 5.92 Å². The molecule has 1 aliphatic heterocycles. The van der Waals surface area contributed by atoms with E-state index in [9.17, 15) is 0 Å². The van der Waals surface area contributed by atoms with Crippen molar-refractivity contribution in [3.63, 3.8) is 0 Å². The predicted octanol–water partition coefficient (Wildman–Crippen LogP) is 16.3. The molecule has 0 saturated carbocycles. The Balaban J connectivity index is 1.03. The summed E-state index contributed by atoms with van der Waals surface area (Å²) < 4.78 is 7.64. The van der Waals surface area contributed by atoms with Crippen LogP contribution in [0.4, 0.5) is 0 Å². The third-order valence-corrected chi connectivity index (χ3v) is 14.8. The molecule has 2 aliphatic carbocycles. The zero-order valence-electron chi connectivity index (χ0n) is 36.7. The van der Waals surface area contributed by atoms with Gasteiger partial charge in [0.25, 0.3) is 0 Å². The summed E-state index contributed by atoms with van der Waals surface area (Å²) in [5.41, 5.74) is 18.2. The Hall–Kier alpha value is -8.07. The number of ether oxygens (including phenoxy) is 1. The second kappa shape index (κ2) is 15.0. The number of hydrogen-bond donors (Lipinski definition) is 0. The highest BCUT2D eigenvalue weighted by Crippen LogP contribution is 2.64. The van der Waals surface area contributed by atoms with Crippen LogP contribution in [-0.4, -0.2) is 4.98 Å². The van der Waals surface area contributed by atoms with Crippen molar-refractivity contribution in [1.29, 1.82) is 0 Å². The Morgan fingerprint density at radius 1 is 0.455 bits per heavy atom. The number of aromatic nitrogens is 1. The molecule has 0 bridgehead atoms. The van der Waals surface area contributed by atoms with Gasteiger partial charge < -0.3 is 4.74 Å². The van der Waals surface area contributed by atoms with Crippen molar-refractivity contribution in [2.75, 3.05) is 0 Å². The molecular formula is C64H45NO. The zero-order chi connectivity index (χ0) is 43.9. The molecule has 0 fully saturated rings. The van der Waals surface area contributed by atoms with Gasteiger partial charge in [-0.25, -0.2) is 4.98 Å². The third kappa shape index (κ3) is 5.58. The van der Waals surface area contributed by atoms with Crippen molar-refractivity contribution in [1.82, 2.24) is 4.98 Å². The molecule has 2 heteroatoms. The summed E-state index contributed by atoms with van der Waals surface area (Å²) in [4.78, 5) is 5.33. The van der Waals surface area contributed by atoms with Crippen LogP contribution >= 0.6 is 0 Å². The number of nitrogens with zero attached hydrogens (tertiary/aromatic N) is 1. The van der Waals surface area contributed by atoms with Crippen molar-refractivity contribution < 1.29 is 4.74 Å². The van der Waals surface area contributed by atoms with Gasteiger partial charge in [0.15, 0.2) is 0 Å². The highest BCUT2D eigenvalue weighted by Gasteiger charge is 2.52. The van der Waals surface area contributed by atoms with Gasteiger partial charge in [-0.3, -0.25) is 0 Å². The largest absolute Gasteiger partial charge is 0.455 e. The summed E-state index contributed by atoms with van der Waals surface area (Å²) in [7, 11) is 0. The second-order valence-electron chi connectivity index (χ2n) is 18.2. The Labute approximate surface area is 385 Å². The maximum Gasteiger partial charge on any atom is 0.140 e. The normalized spacial score (nSPS) is 17.7. The van der Waals surface area contributed by atoms with E-state index in [-0.39, 0.29) is 17.8 Å². The average molecular weight is 844 g/mol. The summed E-state index contributed by atoms with van der Waals surface area (Å²) in [6, 6.07) is 79.4. The molecule has 0 N–H and O–H groups in total. The van der Waals surface area contributed by atoms with Gasteiger partial charge in [-0.1, -0.05) is 237 Å². The maximum absolute atomic E-state index is 7.64. The Morgan fingerprint density at radius 2 is 1.02 bits per heavy atom. The summed E-state index contributed by atoms with van der Waals surface area (Å²) in [5.74, 6) is 2.28. The number of rotatable bonds is 5. The van der Waals surface area contributed by atoms with Crippen LogP contribution in [0.3, 0.4) is 0 Å². The Morgan fingerprint density at radius 3 is 1.73 bits per heavy atom. The maximum atomic E-state index is 7.64. The van der Waals surface area contributed by atoms with E-state index in [1.165, 1.54) is 50.1 Å². The molecule has 3 aliphatic rings. The number of para-hydroxylation sites is 2. The van der Waals surface area contributed by atoms with Crippen molar-refractivity contribution in [2.24, 2.45) is 5.92 Å². The number of allylic oxidation sites excluding steroid dienone is 3. The SMILES string of the molecule is C=C1C(c2ccccc2)C(C)C(c2ccc(-c3cccc4c3Oc3c(ccc5c(-c6ccccc6)nc6ccccc6c35)C43c4ccccc4-c4ccccc43)cc2)=C[C@@H]1c1ccccc1. The zero-order valence-corrected chi connectivity index (χ0v) is 36.7. The molecule has 0 saturated heterocycles. The molecule has 2 nitrogen and oxygen atoms in total. The first-order valence-electron chi connectivity index (χ1n) is 23.1. The van der Waals surface area contributed by atoms with E-state index < -0.39 is 5.41 Å². The number of pyridine rings is 1. The van der Waals surface area contributed by atoms with Crippen molar-refractivity contribution in [3.8, 4) is 45.0 Å². The van der Waals surface area contributed by atoms with Gasteiger partial charge in [0, 0.05) is 50.2 Å². The number of fused-ring (bicyclic) bond motifs is 13. The monoisotopic (exact) mass is 843 g/mol. The van der Waals surface area contributed by atoms with E-state index in [1.54, 1.807) is 0 Å². The fraction of sp³-hybridized carbons (Fsp3) is 0.0781. The van der Waals surface area contributed by atoms with Crippen molar-refractivity contribution in [3.05, 3.63) is 276 Å². The molecule has 2 heterocycles. The molecule has 1 spiro atoms. The molecule has 2 unspecified atom stereocenters. The topological polar surface area (TPSA) is 22.1 Å². The van der Waals surface area contributed by atoms with Gasteiger partial charge in [0.05, 0.1) is 16.6 Å². The lowest BCUT2D eigenvalue weighted by Crippen LogP contribution is -2.32. The van der Waals surface area contributed by atoms with E-state index in [1.807, 2.05) is 0 Å². The smallest absolute Gasteiger partial charge is 0.140 e. The second-order valence-corrected chi connectivity index (χ2v) is 18.2. The molecular weight excluding hydrogens is 799 g/mol. The third-order valence-electron chi connectivity index (χ3n) is 14.8. The standard InChI is InChI=1S/C64H45NO/c1-40-52(42-19-6-3-7-20-42)39-53(41(2)59(40)45-21-8-4-9-22-45)44-35-33-43(34-36-44)47-28-18-31-56-62(47)66-63-57(64(56)54-29-15-12-25-48(54)49-26-13-16-30-55(49)64)38-37-51-60(63)50-27-14-17-32-58(50)65-61(51)46-23-10-5-11-24-46/h3-39,41,52,59H,1H2,2H3/t41?,52-,59?/m0/s1. The summed E-state index contributed by atoms with van der Waals surface area (Å²) in [6.07, 6.45) is 2.47. The summed E-state index contributed by atoms with van der Waals surface area (Å²) >= 11 is 0. The van der Waals surface area contributed by atoms with Gasteiger partial charge in [0.2, 0.25) is 0 Å². The predicted molar refractivity (Wildman–Crippen MR) is 272 cm³/mol. The minimum Gasteiger partial charge on any atom is -0.455 e. The molecule has 0 radical (unpaired) electrons. The first kappa shape index (κ1) is 38.4. The van der Waals surface area contributed by atoms with E-state index in [0.29, 0.717) is 0 Å².